The molecule has 0 bridgehead atoms. The predicted octanol–water partition coefficient (Wildman–Crippen LogP) is 7.29. The smallest absolute Gasteiger partial charge is 0.353 e. The largest absolute Gasteiger partial charge is 0.400 e. The molecule has 8 heteroatoms. The van der Waals surface area contributed by atoms with Gasteiger partial charge >= 0.3 is 13.3 Å². The van der Waals surface area contributed by atoms with Crippen LogP contribution in [0.3, 0.4) is 0 Å². The molecule has 0 aliphatic carbocycles. The second kappa shape index (κ2) is 14.1. The molecule has 0 aromatic heterocycles. The lowest BCUT2D eigenvalue weighted by Gasteiger charge is -2.29. The van der Waals surface area contributed by atoms with E-state index in [4.69, 9.17) is 18.5 Å². The average Bonchev–Trinajstić information content (AvgIpc) is 2.62. The summed E-state index contributed by atoms with van der Waals surface area (Å²) in [6.45, 7) is 7.85. The van der Waals surface area contributed by atoms with Crippen molar-refractivity contribution >= 4 is 7.60 Å². The first-order valence-corrected chi connectivity index (χ1v) is 12.8. The Balaban J connectivity index is 2.13. The number of hydrogen-bond acceptors (Lipinski definition) is 5. The van der Waals surface area contributed by atoms with Gasteiger partial charge in [0, 0.05) is 19.6 Å². The average molecular weight is 443 g/mol. The Morgan fingerprint density at radius 2 is 1.48 bits per heavy atom. The van der Waals surface area contributed by atoms with Crippen LogP contribution in [0.1, 0.15) is 98.3 Å². The highest BCUT2D eigenvalue weighted by Crippen LogP contribution is 2.65. The fourth-order valence-electron chi connectivity index (χ4n) is 3.25. The van der Waals surface area contributed by atoms with Crippen molar-refractivity contribution in [2.75, 3.05) is 13.2 Å². The highest BCUT2D eigenvalue weighted by Gasteiger charge is 2.53. The predicted molar refractivity (Wildman–Crippen MR) is 111 cm³/mol. The molecule has 0 radical (unpaired) electrons. The molecule has 1 atom stereocenters. The molecule has 0 saturated carbocycles. The summed E-state index contributed by atoms with van der Waals surface area (Å²) in [4.78, 5) is 0. The van der Waals surface area contributed by atoms with Gasteiger partial charge in [0.1, 0.15) is 0 Å². The van der Waals surface area contributed by atoms with Crippen molar-refractivity contribution in [1.29, 1.82) is 0 Å². The first-order chi connectivity index (χ1) is 13.7. The monoisotopic (exact) mass is 442 g/mol. The third-order valence-corrected chi connectivity index (χ3v) is 7.09. The van der Waals surface area contributed by atoms with Crippen LogP contribution in [0.5, 0.6) is 0 Å². The van der Waals surface area contributed by atoms with Gasteiger partial charge < -0.3 is 18.5 Å². The molecule has 1 aliphatic rings. The van der Waals surface area contributed by atoms with E-state index < -0.39 is 31.9 Å². The van der Waals surface area contributed by atoms with Crippen LogP contribution < -0.4 is 0 Å². The van der Waals surface area contributed by atoms with Gasteiger partial charge in [-0.2, -0.15) is 8.78 Å². The van der Waals surface area contributed by atoms with Gasteiger partial charge in [-0.05, 0) is 59.8 Å². The lowest BCUT2D eigenvalue weighted by Crippen LogP contribution is -2.24. The van der Waals surface area contributed by atoms with E-state index in [1.54, 1.807) is 27.7 Å². The Kier molecular flexibility index (Phi) is 13.1. The molecule has 0 N–H and O–H groups in total. The number of hydrogen-bond donors (Lipinski definition) is 0. The second-order valence-electron chi connectivity index (χ2n) is 8.36. The Bertz CT molecular complexity index is 454. The van der Waals surface area contributed by atoms with E-state index >= 15 is 0 Å². The molecule has 0 aromatic carbocycles. The van der Waals surface area contributed by atoms with Gasteiger partial charge in [0.05, 0.1) is 12.2 Å². The van der Waals surface area contributed by atoms with Crippen LogP contribution in [0.25, 0.3) is 0 Å². The summed E-state index contributed by atoms with van der Waals surface area (Å²) in [5.74, 6) is 0. The Hall–Kier alpha value is -0.0700. The molecule has 174 valence electrons. The molecule has 1 heterocycles. The standard InChI is InChI=1S/C21H41F2O5P/c1-18(2)27-29(24,28-19(3)4)21(22,23)15-11-8-6-5-7-9-12-16-25-20-14-10-13-17-26-20/h18-20H,5-17H2,1-4H3. The summed E-state index contributed by atoms with van der Waals surface area (Å²) in [5.41, 5.74) is -3.46. The quantitative estimate of drug-likeness (QED) is 0.186. The van der Waals surface area contributed by atoms with E-state index in [2.05, 4.69) is 0 Å². The summed E-state index contributed by atoms with van der Waals surface area (Å²) in [7, 11) is -4.48. The van der Waals surface area contributed by atoms with Crippen molar-refractivity contribution in [3.05, 3.63) is 0 Å². The van der Waals surface area contributed by atoms with E-state index in [0.717, 1.165) is 58.2 Å². The van der Waals surface area contributed by atoms with E-state index in [-0.39, 0.29) is 6.29 Å². The molecular weight excluding hydrogens is 401 g/mol. The van der Waals surface area contributed by atoms with Crippen molar-refractivity contribution < 1.29 is 31.9 Å². The van der Waals surface area contributed by atoms with Crippen molar-refractivity contribution in [2.24, 2.45) is 0 Å². The molecule has 5 nitrogen and oxygen atoms in total. The molecule has 29 heavy (non-hydrogen) atoms. The Morgan fingerprint density at radius 3 is 2.00 bits per heavy atom. The summed E-state index contributed by atoms with van der Waals surface area (Å²) in [6, 6.07) is 0. The third-order valence-electron chi connectivity index (χ3n) is 4.66. The van der Waals surface area contributed by atoms with Crippen LogP contribution in [0.15, 0.2) is 0 Å². The normalized spacial score (nSPS) is 18.7. The number of unbranched alkanes of at least 4 members (excludes halogenated alkanes) is 6. The Labute approximate surface area is 175 Å². The van der Waals surface area contributed by atoms with E-state index in [1.165, 1.54) is 6.42 Å². The molecule has 0 aromatic rings. The highest BCUT2D eigenvalue weighted by molar-refractivity contribution is 7.55. The molecular formula is C21H41F2O5P. The molecule has 1 fully saturated rings. The van der Waals surface area contributed by atoms with Gasteiger partial charge in [0.25, 0.3) is 0 Å². The minimum atomic E-state index is -4.48. The van der Waals surface area contributed by atoms with Gasteiger partial charge in [-0.15, -0.1) is 0 Å². The van der Waals surface area contributed by atoms with E-state index in [0.29, 0.717) is 12.8 Å². The van der Waals surface area contributed by atoms with Gasteiger partial charge in [-0.25, -0.2) is 0 Å². The van der Waals surface area contributed by atoms with Crippen molar-refractivity contribution in [3.63, 3.8) is 0 Å². The minimum absolute atomic E-state index is 0.0271. The van der Waals surface area contributed by atoms with Crippen LogP contribution >= 0.6 is 7.60 Å². The van der Waals surface area contributed by atoms with E-state index in [9.17, 15) is 13.3 Å². The van der Waals surface area contributed by atoms with Crippen LogP contribution in [0.4, 0.5) is 8.78 Å². The highest BCUT2D eigenvalue weighted by atomic mass is 31.2. The first kappa shape index (κ1) is 27.0. The Morgan fingerprint density at radius 1 is 0.931 bits per heavy atom. The lowest BCUT2D eigenvalue weighted by molar-refractivity contribution is -0.162. The molecule has 1 rings (SSSR count). The first-order valence-electron chi connectivity index (χ1n) is 11.2. The van der Waals surface area contributed by atoms with Crippen molar-refractivity contribution in [3.8, 4) is 0 Å². The van der Waals surface area contributed by atoms with Crippen LogP contribution in [0, 0.1) is 0 Å². The summed E-state index contributed by atoms with van der Waals surface area (Å²) < 4.78 is 63.0. The summed E-state index contributed by atoms with van der Waals surface area (Å²) in [5, 5.41) is 0. The number of halogens is 2. The number of ether oxygens (including phenoxy) is 2. The summed E-state index contributed by atoms with van der Waals surface area (Å²) >= 11 is 0. The van der Waals surface area contributed by atoms with Gasteiger partial charge in [-0.3, -0.25) is 4.57 Å². The minimum Gasteiger partial charge on any atom is -0.353 e. The topological polar surface area (TPSA) is 54.0 Å². The van der Waals surface area contributed by atoms with Crippen LogP contribution in [0.2, 0.25) is 0 Å². The van der Waals surface area contributed by atoms with Crippen molar-refractivity contribution in [2.45, 2.75) is 122 Å². The fourth-order valence-corrected chi connectivity index (χ4v) is 5.15. The van der Waals surface area contributed by atoms with Crippen molar-refractivity contribution in [1.82, 2.24) is 0 Å². The third kappa shape index (κ3) is 11.2. The van der Waals surface area contributed by atoms with Crippen LogP contribution in [-0.2, 0) is 23.1 Å². The molecule has 0 spiro atoms. The molecule has 0 amide bonds. The van der Waals surface area contributed by atoms with Gasteiger partial charge in [-0.1, -0.05) is 32.1 Å². The zero-order valence-electron chi connectivity index (χ0n) is 18.7. The molecule has 1 aliphatic heterocycles. The number of rotatable bonds is 16. The van der Waals surface area contributed by atoms with Gasteiger partial charge in [0.15, 0.2) is 6.29 Å². The second-order valence-corrected chi connectivity index (χ2v) is 10.4. The van der Waals surface area contributed by atoms with Gasteiger partial charge in [0.2, 0.25) is 0 Å². The SMILES string of the molecule is CC(C)OP(=O)(OC(C)C)C(F)(F)CCCCCCCCCOC1CCCCO1. The maximum atomic E-state index is 14.5. The summed E-state index contributed by atoms with van der Waals surface area (Å²) in [6.07, 6.45) is 7.65. The van der Waals surface area contributed by atoms with Crippen LogP contribution in [-0.4, -0.2) is 37.4 Å². The maximum Gasteiger partial charge on any atom is 0.400 e. The lowest BCUT2D eigenvalue weighted by atomic mass is 10.1. The zero-order chi connectivity index (χ0) is 21.8. The zero-order valence-corrected chi connectivity index (χ0v) is 19.6. The van der Waals surface area contributed by atoms with E-state index in [1.807, 2.05) is 0 Å². The maximum absolute atomic E-state index is 14.5. The molecule has 1 saturated heterocycles. The molecule has 1 unspecified atom stereocenters. The number of alkyl halides is 2. The fraction of sp³-hybridized carbons (Fsp3) is 1.00.